The highest BCUT2D eigenvalue weighted by molar-refractivity contribution is 9.10. The number of halogens is 1. The number of benzene rings is 1. The van der Waals surface area contributed by atoms with Crippen molar-refractivity contribution in [2.45, 2.75) is 12.5 Å². The Balaban J connectivity index is 2.20. The van der Waals surface area contributed by atoms with Crippen molar-refractivity contribution in [3.63, 3.8) is 0 Å². The molecule has 0 aliphatic carbocycles. The quantitative estimate of drug-likeness (QED) is 0.856. The summed E-state index contributed by atoms with van der Waals surface area (Å²) in [5.41, 5.74) is 1.29. The molecule has 0 saturated heterocycles. The van der Waals surface area contributed by atoms with Crippen LogP contribution in [0.1, 0.15) is 5.56 Å². The fourth-order valence-electron chi connectivity index (χ4n) is 1.64. The minimum Gasteiger partial charge on any atom is -0.488 e. The fraction of sp³-hybridized carbons (Fsp3) is 0.400. The molecule has 1 N–H and O–H groups in total. The van der Waals surface area contributed by atoms with Crippen LogP contribution < -0.4 is 10.1 Å². The van der Waals surface area contributed by atoms with E-state index in [1.165, 1.54) is 5.56 Å². The second-order valence-corrected chi connectivity index (χ2v) is 4.07. The van der Waals surface area contributed by atoms with E-state index in [1.807, 2.05) is 19.2 Å². The molecule has 1 atom stereocenters. The van der Waals surface area contributed by atoms with Gasteiger partial charge in [0.2, 0.25) is 0 Å². The van der Waals surface area contributed by atoms with Crippen molar-refractivity contribution in [3.05, 3.63) is 28.2 Å². The van der Waals surface area contributed by atoms with Gasteiger partial charge in [0.05, 0.1) is 0 Å². The lowest BCUT2D eigenvalue weighted by Gasteiger charge is -2.08. The van der Waals surface area contributed by atoms with Crippen LogP contribution in [0.3, 0.4) is 0 Å². The molecule has 0 amide bonds. The lowest BCUT2D eigenvalue weighted by molar-refractivity contribution is 0.231. The van der Waals surface area contributed by atoms with Crippen LogP contribution in [0.4, 0.5) is 0 Å². The molecule has 1 aliphatic rings. The summed E-state index contributed by atoms with van der Waals surface area (Å²) >= 11 is 3.53. The number of hydrogen-bond acceptors (Lipinski definition) is 2. The Hall–Kier alpha value is -0.540. The molecule has 1 unspecified atom stereocenters. The number of rotatable bonds is 2. The fourth-order valence-corrected chi connectivity index (χ4v) is 2.15. The van der Waals surface area contributed by atoms with Gasteiger partial charge in [-0.1, -0.05) is 22.0 Å². The summed E-state index contributed by atoms with van der Waals surface area (Å²) in [5, 5.41) is 3.12. The first-order valence-electron chi connectivity index (χ1n) is 4.40. The molecule has 3 heteroatoms. The zero-order valence-electron chi connectivity index (χ0n) is 7.51. The molecule has 0 bridgehead atoms. The van der Waals surface area contributed by atoms with Gasteiger partial charge in [-0.05, 0) is 19.2 Å². The van der Waals surface area contributed by atoms with Gasteiger partial charge in [0, 0.05) is 23.0 Å². The van der Waals surface area contributed by atoms with Gasteiger partial charge in [0.1, 0.15) is 11.9 Å². The average molecular weight is 242 g/mol. The van der Waals surface area contributed by atoms with Gasteiger partial charge >= 0.3 is 0 Å². The molecule has 1 heterocycles. The molecule has 0 spiro atoms. The van der Waals surface area contributed by atoms with E-state index in [4.69, 9.17) is 4.74 Å². The van der Waals surface area contributed by atoms with Crippen LogP contribution in [0, 0.1) is 0 Å². The Kier molecular flexibility index (Phi) is 2.56. The maximum Gasteiger partial charge on any atom is 0.124 e. The van der Waals surface area contributed by atoms with E-state index in [-0.39, 0.29) is 0 Å². The third-order valence-corrected chi connectivity index (χ3v) is 2.98. The highest BCUT2D eigenvalue weighted by Gasteiger charge is 2.23. The Labute approximate surface area is 86.4 Å². The Bertz CT molecular complexity index is 314. The third kappa shape index (κ3) is 1.71. The maximum absolute atomic E-state index is 5.74. The monoisotopic (exact) mass is 241 g/mol. The predicted molar refractivity (Wildman–Crippen MR) is 56.2 cm³/mol. The zero-order chi connectivity index (χ0) is 9.26. The Morgan fingerprint density at radius 1 is 1.62 bits per heavy atom. The smallest absolute Gasteiger partial charge is 0.124 e. The first-order chi connectivity index (χ1) is 6.31. The van der Waals surface area contributed by atoms with Crippen molar-refractivity contribution in [2.24, 2.45) is 0 Å². The number of nitrogens with one attached hydrogen (secondary N) is 1. The van der Waals surface area contributed by atoms with Crippen molar-refractivity contribution in [1.82, 2.24) is 5.32 Å². The van der Waals surface area contributed by atoms with Gasteiger partial charge in [0.25, 0.3) is 0 Å². The van der Waals surface area contributed by atoms with E-state index >= 15 is 0 Å². The number of hydrogen-bond donors (Lipinski definition) is 1. The Morgan fingerprint density at radius 3 is 3.15 bits per heavy atom. The lowest BCUT2D eigenvalue weighted by atomic mass is 10.1. The van der Waals surface area contributed by atoms with Crippen molar-refractivity contribution in [2.75, 3.05) is 13.6 Å². The minimum absolute atomic E-state index is 0.290. The SMILES string of the molecule is CNCC1Cc2c(Br)cccc2O1. The Morgan fingerprint density at radius 2 is 2.46 bits per heavy atom. The average Bonchev–Trinajstić information content (AvgIpc) is 2.49. The van der Waals surface area contributed by atoms with Crippen LogP contribution >= 0.6 is 15.9 Å². The second kappa shape index (κ2) is 3.68. The van der Waals surface area contributed by atoms with Crippen LogP contribution in [-0.4, -0.2) is 19.7 Å². The van der Waals surface area contributed by atoms with E-state index in [1.54, 1.807) is 0 Å². The van der Waals surface area contributed by atoms with E-state index < -0.39 is 0 Å². The lowest BCUT2D eigenvalue weighted by Crippen LogP contribution is -2.27. The summed E-state index contributed by atoms with van der Waals surface area (Å²) < 4.78 is 6.89. The summed E-state index contributed by atoms with van der Waals surface area (Å²) in [7, 11) is 1.95. The normalized spacial score (nSPS) is 19.7. The molecule has 1 aliphatic heterocycles. The van der Waals surface area contributed by atoms with Gasteiger partial charge < -0.3 is 10.1 Å². The van der Waals surface area contributed by atoms with Gasteiger partial charge in [-0.2, -0.15) is 0 Å². The first-order valence-corrected chi connectivity index (χ1v) is 5.19. The van der Waals surface area contributed by atoms with Crippen LogP contribution in [0.15, 0.2) is 22.7 Å². The van der Waals surface area contributed by atoms with Gasteiger partial charge in [0.15, 0.2) is 0 Å². The largest absolute Gasteiger partial charge is 0.488 e. The maximum atomic E-state index is 5.74. The summed E-state index contributed by atoms with van der Waals surface area (Å²) in [6.45, 7) is 0.904. The van der Waals surface area contributed by atoms with E-state index in [0.29, 0.717) is 6.10 Å². The molecule has 0 fully saturated rings. The number of ether oxygens (including phenoxy) is 1. The number of fused-ring (bicyclic) bond motifs is 1. The molecule has 70 valence electrons. The molecule has 2 rings (SSSR count). The standard InChI is InChI=1S/C10H12BrNO/c1-12-6-7-5-8-9(11)3-2-4-10(8)13-7/h2-4,7,12H,5-6H2,1H3. The topological polar surface area (TPSA) is 21.3 Å². The molecular weight excluding hydrogens is 230 g/mol. The minimum atomic E-state index is 0.290. The van der Waals surface area contributed by atoms with E-state index in [9.17, 15) is 0 Å². The van der Waals surface area contributed by atoms with Gasteiger partial charge in [-0.3, -0.25) is 0 Å². The van der Waals surface area contributed by atoms with Crippen LogP contribution in [0.2, 0.25) is 0 Å². The molecule has 1 aromatic carbocycles. The molecular formula is C10H12BrNO. The number of likely N-dealkylation sites (N-methyl/N-ethyl adjacent to an activating group) is 1. The van der Waals surface area contributed by atoms with E-state index in [2.05, 4.69) is 27.3 Å². The highest BCUT2D eigenvalue weighted by atomic mass is 79.9. The molecule has 13 heavy (non-hydrogen) atoms. The molecule has 0 radical (unpaired) electrons. The molecule has 0 aromatic heterocycles. The van der Waals surface area contributed by atoms with Crippen molar-refractivity contribution in [1.29, 1.82) is 0 Å². The predicted octanol–water partition coefficient (Wildman–Crippen LogP) is 1.97. The summed E-state index contributed by atoms with van der Waals surface area (Å²) in [6.07, 6.45) is 1.29. The van der Waals surface area contributed by atoms with Crippen LogP contribution in [0.25, 0.3) is 0 Å². The van der Waals surface area contributed by atoms with Crippen LogP contribution in [-0.2, 0) is 6.42 Å². The third-order valence-electron chi connectivity index (χ3n) is 2.23. The van der Waals surface area contributed by atoms with Crippen LogP contribution in [0.5, 0.6) is 5.75 Å². The van der Waals surface area contributed by atoms with E-state index in [0.717, 1.165) is 23.2 Å². The molecule has 1 aromatic rings. The summed E-state index contributed by atoms with van der Waals surface area (Å²) in [5.74, 6) is 1.02. The van der Waals surface area contributed by atoms with Gasteiger partial charge in [-0.15, -0.1) is 0 Å². The molecule has 2 nitrogen and oxygen atoms in total. The van der Waals surface area contributed by atoms with Crippen molar-refractivity contribution < 1.29 is 4.74 Å². The van der Waals surface area contributed by atoms with Crippen molar-refractivity contribution in [3.8, 4) is 5.75 Å². The first kappa shape index (κ1) is 9.03. The zero-order valence-corrected chi connectivity index (χ0v) is 9.10. The van der Waals surface area contributed by atoms with Crippen molar-refractivity contribution >= 4 is 15.9 Å². The molecule has 0 saturated carbocycles. The summed E-state index contributed by atoms with van der Waals surface area (Å²) in [4.78, 5) is 0. The highest BCUT2D eigenvalue weighted by Crippen LogP contribution is 2.33. The summed E-state index contributed by atoms with van der Waals surface area (Å²) in [6, 6.07) is 6.09. The second-order valence-electron chi connectivity index (χ2n) is 3.22. The van der Waals surface area contributed by atoms with Gasteiger partial charge in [-0.25, -0.2) is 0 Å².